The number of carbonyl (C=O) groups is 1. The molecule has 5 heteroatoms. The Morgan fingerprint density at radius 2 is 1.96 bits per heavy atom. The Morgan fingerprint density at radius 1 is 1.21 bits per heavy atom. The Bertz CT molecular complexity index is 515. The molecule has 24 heavy (non-hydrogen) atoms. The van der Waals surface area contributed by atoms with Crippen molar-refractivity contribution in [1.82, 2.24) is 15.1 Å². The summed E-state index contributed by atoms with van der Waals surface area (Å²) in [7, 11) is 2.00. The minimum Gasteiger partial charge on any atom is -0.375 e. The van der Waals surface area contributed by atoms with Gasteiger partial charge in [0.05, 0.1) is 19.1 Å². The van der Waals surface area contributed by atoms with Crippen LogP contribution in [-0.4, -0.2) is 67.7 Å². The van der Waals surface area contributed by atoms with Crippen molar-refractivity contribution in [3.63, 3.8) is 0 Å². The predicted molar refractivity (Wildman–Crippen MR) is 94.7 cm³/mol. The van der Waals surface area contributed by atoms with Crippen LogP contribution < -0.4 is 5.32 Å². The number of carbonyl (C=O) groups excluding carboxylic acids is 1. The fraction of sp³-hybridized carbons (Fsp3) is 0.632. The first-order valence-electron chi connectivity index (χ1n) is 9.07. The van der Waals surface area contributed by atoms with Crippen LogP contribution in [0.25, 0.3) is 0 Å². The molecular weight excluding hydrogens is 302 g/mol. The van der Waals surface area contributed by atoms with Gasteiger partial charge in [0.15, 0.2) is 0 Å². The lowest BCUT2D eigenvalue weighted by Gasteiger charge is -2.35. The van der Waals surface area contributed by atoms with Crippen molar-refractivity contribution in [2.24, 2.45) is 0 Å². The number of amides is 1. The molecule has 132 valence electrons. The van der Waals surface area contributed by atoms with Gasteiger partial charge < -0.3 is 15.0 Å². The molecule has 2 saturated heterocycles. The van der Waals surface area contributed by atoms with E-state index in [1.54, 1.807) is 0 Å². The molecule has 0 radical (unpaired) electrons. The van der Waals surface area contributed by atoms with Crippen LogP contribution in [0, 0.1) is 0 Å². The molecule has 0 bridgehead atoms. The number of hydrogen-bond donors (Lipinski definition) is 1. The van der Waals surface area contributed by atoms with E-state index in [2.05, 4.69) is 34.5 Å². The molecule has 0 aromatic heterocycles. The van der Waals surface area contributed by atoms with E-state index in [4.69, 9.17) is 4.74 Å². The number of hydrogen-bond acceptors (Lipinski definition) is 4. The fourth-order valence-electron chi connectivity index (χ4n) is 3.63. The van der Waals surface area contributed by atoms with Crippen LogP contribution in [0.5, 0.6) is 0 Å². The van der Waals surface area contributed by atoms with Gasteiger partial charge in [0.25, 0.3) is 0 Å². The van der Waals surface area contributed by atoms with Crippen LogP contribution in [-0.2, 0) is 16.1 Å². The smallest absolute Gasteiger partial charge is 0.225 e. The second-order valence-corrected chi connectivity index (χ2v) is 6.86. The van der Waals surface area contributed by atoms with E-state index in [9.17, 15) is 4.79 Å². The van der Waals surface area contributed by atoms with E-state index in [1.807, 2.05) is 18.0 Å². The molecule has 1 aromatic rings. The minimum absolute atomic E-state index is 0.0250. The molecule has 1 amide bonds. The zero-order valence-corrected chi connectivity index (χ0v) is 14.6. The quantitative estimate of drug-likeness (QED) is 0.888. The Balaban J connectivity index is 1.46. The van der Waals surface area contributed by atoms with E-state index in [0.717, 1.165) is 45.6 Å². The van der Waals surface area contributed by atoms with Crippen LogP contribution in [0.3, 0.4) is 0 Å². The molecule has 2 fully saturated rings. The Labute approximate surface area is 145 Å². The molecule has 0 aliphatic carbocycles. The van der Waals surface area contributed by atoms with E-state index >= 15 is 0 Å². The third-order valence-electron chi connectivity index (χ3n) is 5.13. The highest BCUT2D eigenvalue weighted by atomic mass is 16.5. The predicted octanol–water partition coefficient (Wildman–Crippen LogP) is 1.49. The summed E-state index contributed by atoms with van der Waals surface area (Å²) in [6.45, 7) is 5.16. The minimum atomic E-state index is 0.0250. The van der Waals surface area contributed by atoms with E-state index in [-0.39, 0.29) is 12.0 Å². The lowest BCUT2D eigenvalue weighted by Crippen LogP contribution is -2.47. The molecule has 3 rings (SSSR count). The number of morpholine rings is 1. The lowest BCUT2D eigenvalue weighted by atomic mass is 10.0. The van der Waals surface area contributed by atoms with Crippen molar-refractivity contribution < 1.29 is 9.53 Å². The average molecular weight is 331 g/mol. The van der Waals surface area contributed by atoms with Gasteiger partial charge in [-0.05, 0) is 25.5 Å². The third-order valence-corrected chi connectivity index (χ3v) is 5.13. The summed E-state index contributed by atoms with van der Waals surface area (Å²) in [5.74, 6) is 0.246. The zero-order chi connectivity index (χ0) is 16.8. The summed E-state index contributed by atoms with van der Waals surface area (Å²) in [5, 5.41) is 3.30. The van der Waals surface area contributed by atoms with Gasteiger partial charge in [0.2, 0.25) is 5.91 Å². The van der Waals surface area contributed by atoms with Crippen molar-refractivity contribution in [3.8, 4) is 0 Å². The number of rotatable bonds is 5. The largest absolute Gasteiger partial charge is 0.375 e. The fourth-order valence-corrected chi connectivity index (χ4v) is 3.63. The Hall–Kier alpha value is -1.43. The molecular formula is C19H29N3O2. The van der Waals surface area contributed by atoms with Crippen LogP contribution >= 0.6 is 0 Å². The van der Waals surface area contributed by atoms with Gasteiger partial charge in [0.1, 0.15) is 0 Å². The number of likely N-dealkylation sites (tertiary alicyclic amines) is 1. The van der Waals surface area contributed by atoms with Crippen molar-refractivity contribution >= 4 is 5.91 Å². The molecule has 1 atom stereocenters. The summed E-state index contributed by atoms with van der Waals surface area (Å²) in [6, 6.07) is 11.1. The first-order chi connectivity index (χ1) is 11.7. The van der Waals surface area contributed by atoms with Crippen LogP contribution in [0.4, 0.5) is 0 Å². The molecule has 1 aromatic carbocycles. The number of nitrogens with one attached hydrogen (secondary N) is 1. The van der Waals surface area contributed by atoms with Gasteiger partial charge >= 0.3 is 0 Å². The van der Waals surface area contributed by atoms with Crippen LogP contribution in [0.15, 0.2) is 30.3 Å². The highest BCUT2D eigenvalue weighted by Gasteiger charge is 2.27. The summed E-state index contributed by atoms with van der Waals surface area (Å²) < 4.78 is 5.85. The second-order valence-electron chi connectivity index (χ2n) is 6.86. The highest BCUT2D eigenvalue weighted by Crippen LogP contribution is 2.16. The van der Waals surface area contributed by atoms with E-state index in [1.165, 1.54) is 5.56 Å². The SMILES string of the molecule is CNC1CCN(C(=O)CC2CN(Cc3ccccc3)CCO2)CC1. The molecule has 5 nitrogen and oxygen atoms in total. The van der Waals surface area contributed by atoms with E-state index < -0.39 is 0 Å². The first-order valence-corrected chi connectivity index (χ1v) is 9.07. The Morgan fingerprint density at radius 3 is 2.67 bits per heavy atom. The van der Waals surface area contributed by atoms with Crippen molar-refractivity contribution in [2.45, 2.75) is 38.0 Å². The number of benzene rings is 1. The summed E-state index contributed by atoms with van der Waals surface area (Å²) in [5.41, 5.74) is 1.32. The monoisotopic (exact) mass is 331 g/mol. The van der Waals surface area contributed by atoms with Crippen molar-refractivity contribution in [1.29, 1.82) is 0 Å². The normalized spacial score (nSPS) is 23.4. The number of ether oxygens (including phenoxy) is 1. The summed E-state index contributed by atoms with van der Waals surface area (Å²) in [4.78, 5) is 16.9. The van der Waals surface area contributed by atoms with Gasteiger partial charge in [-0.1, -0.05) is 30.3 Å². The molecule has 2 aliphatic heterocycles. The third kappa shape index (κ3) is 4.79. The molecule has 1 N–H and O–H groups in total. The maximum absolute atomic E-state index is 12.5. The number of nitrogens with zero attached hydrogens (tertiary/aromatic N) is 2. The second kappa shape index (κ2) is 8.60. The van der Waals surface area contributed by atoms with Crippen LogP contribution in [0.2, 0.25) is 0 Å². The van der Waals surface area contributed by atoms with Gasteiger partial charge in [0, 0.05) is 38.8 Å². The molecule has 2 heterocycles. The van der Waals surface area contributed by atoms with E-state index in [0.29, 0.717) is 19.1 Å². The van der Waals surface area contributed by atoms with Gasteiger partial charge in [-0.2, -0.15) is 0 Å². The number of piperidine rings is 1. The summed E-state index contributed by atoms with van der Waals surface area (Å²) in [6.07, 6.45) is 2.63. The van der Waals surface area contributed by atoms with Gasteiger partial charge in [-0.25, -0.2) is 0 Å². The maximum Gasteiger partial charge on any atom is 0.225 e. The molecule has 2 aliphatic rings. The highest BCUT2D eigenvalue weighted by molar-refractivity contribution is 5.76. The standard InChI is InChI=1S/C19H29N3O2/c1-20-17-7-9-22(10-8-17)19(23)13-18-15-21(11-12-24-18)14-16-5-3-2-4-6-16/h2-6,17-18,20H,7-15H2,1H3. The van der Waals surface area contributed by atoms with Crippen LogP contribution in [0.1, 0.15) is 24.8 Å². The van der Waals surface area contributed by atoms with Gasteiger partial charge in [-0.3, -0.25) is 9.69 Å². The summed E-state index contributed by atoms with van der Waals surface area (Å²) >= 11 is 0. The van der Waals surface area contributed by atoms with Crippen molar-refractivity contribution in [3.05, 3.63) is 35.9 Å². The molecule has 0 saturated carbocycles. The topological polar surface area (TPSA) is 44.8 Å². The molecule has 1 unspecified atom stereocenters. The van der Waals surface area contributed by atoms with Crippen molar-refractivity contribution in [2.75, 3.05) is 39.8 Å². The maximum atomic E-state index is 12.5. The first kappa shape index (κ1) is 17.4. The molecule has 0 spiro atoms. The zero-order valence-electron chi connectivity index (χ0n) is 14.6. The Kier molecular flexibility index (Phi) is 6.24. The average Bonchev–Trinajstić information content (AvgIpc) is 2.63. The van der Waals surface area contributed by atoms with Gasteiger partial charge in [-0.15, -0.1) is 0 Å². The lowest BCUT2D eigenvalue weighted by molar-refractivity contribution is -0.137.